The van der Waals surface area contributed by atoms with Crippen LogP contribution in [0.5, 0.6) is 0 Å². The number of anilines is 1. The van der Waals surface area contributed by atoms with Crippen LogP contribution in [0.1, 0.15) is 40.5 Å². The van der Waals surface area contributed by atoms with Gasteiger partial charge in [-0.3, -0.25) is 0 Å². The second-order valence-electron chi connectivity index (χ2n) is 7.44. The number of sulfonamides is 1. The molecule has 2 fully saturated rings. The van der Waals surface area contributed by atoms with Gasteiger partial charge in [0, 0.05) is 17.8 Å². The van der Waals surface area contributed by atoms with E-state index in [-0.39, 0.29) is 16.9 Å². The maximum Gasteiger partial charge on any atom is 0.240 e. The van der Waals surface area contributed by atoms with Crippen molar-refractivity contribution in [3.63, 3.8) is 0 Å². The third-order valence-corrected chi connectivity index (χ3v) is 6.93. The highest BCUT2D eigenvalue weighted by Crippen LogP contribution is 2.63. The Hall–Kier alpha value is -1.07. The van der Waals surface area contributed by atoms with E-state index in [1.165, 1.54) is 0 Å². The number of hydrogen-bond acceptors (Lipinski definition) is 3. The summed E-state index contributed by atoms with van der Waals surface area (Å²) in [7, 11) is -3.35. The van der Waals surface area contributed by atoms with Crippen LogP contribution in [-0.4, -0.2) is 20.5 Å². The van der Waals surface area contributed by atoms with Gasteiger partial charge in [0.05, 0.1) is 4.90 Å². The first-order valence-corrected chi connectivity index (χ1v) is 9.02. The third kappa shape index (κ3) is 2.57. The van der Waals surface area contributed by atoms with E-state index in [2.05, 4.69) is 37.7 Å². The highest BCUT2D eigenvalue weighted by Gasteiger charge is 2.64. The van der Waals surface area contributed by atoms with Crippen molar-refractivity contribution in [2.24, 2.45) is 10.8 Å². The summed E-state index contributed by atoms with van der Waals surface area (Å²) in [6.07, 6.45) is 1.90. The Kier molecular flexibility index (Phi) is 3.16. The molecule has 0 heterocycles. The zero-order valence-corrected chi connectivity index (χ0v) is 13.9. The molecule has 21 heavy (non-hydrogen) atoms. The van der Waals surface area contributed by atoms with Crippen molar-refractivity contribution in [3.05, 3.63) is 24.3 Å². The van der Waals surface area contributed by atoms with Gasteiger partial charge in [-0.25, -0.2) is 13.1 Å². The fraction of sp³-hybridized carbons (Fsp3) is 0.625. The molecule has 0 unspecified atom stereocenters. The van der Waals surface area contributed by atoms with Crippen LogP contribution in [0.4, 0.5) is 5.69 Å². The van der Waals surface area contributed by atoms with Crippen LogP contribution in [-0.2, 0) is 10.0 Å². The summed E-state index contributed by atoms with van der Waals surface area (Å²) in [5.41, 5.74) is 1.49. The fourth-order valence-electron chi connectivity index (χ4n) is 2.94. The highest BCUT2D eigenvalue weighted by atomic mass is 32.2. The molecule has 0 saturated heterocycles. The molecule has 1 aromatic rings. The maximum absolute atomic E-state index is 12.1. The molecular formula is C16H24N2O2S. The molecule has 0 bridgehead atoms. The first kappa shape index (κ1) is 14.9. The summed E-state index contributed by atoms with van der Waals surface area (Å²) in [6.45, 7) is 9.01. The van der Waals surface area contributed by atoms with Crippen molar-refractivity contribution in [1.29, 1.82) is 0 Å². The first-order chi connectivity index (χ1) is 9.64. The lowest BCUT2D eigenvalue weighted by Gasteiger charge is -2.10. The third-order valence-electron chi connectivity index (χ3n) is 5.40. The lowest BCUT2D eigenvalue weighted by Crippen LogP contribution is -2.25. The largest absolute Gasteiger partial charge is 0.381 e. The molecule has 0 amide bonds. The van der Waals surface area contributed by atoms with Crippen molar-refractivity contribution in [1.82, 2.24) is 4.72 Å². The van der Waals surface area contributed by atoms with E-state index in [0.29, 0.717) is 10.9 Å². The summed E-state index contributed by atoms with van der Waals surface area (Å²) >= 11 is 0. The van der Waals surface area contributed by atoms with Gasteiger partial charge in [-0.2, -0.15) is 0 Å². The number of benzene rings is 1. The van der Waals surface area contributed by atoms with Crippen molar-refractivity contribution in [2.45, 2.75) is 57.5 Å². The molecule has 2 saturated carbocycles. The Balaban J connectivity index is 1.70. The Bertz CT molecular complexity index is 629. The summed E-state index contributed by atoms with van der Waals surface area (Å²) < 4.78 is 26.9. The van der Waals surface area contributed by atoms with E-state index in [0.717, 1.165) is 18.5 Å². The minimum atomic E-state index is -3.35. The van der Waals surface area contributed by atoms with E-state index in [1.54, 1.807) is 12.1 Å². The van der Waals surface area contributed by atoms with Crippen molar-refractivity contribution in [3.8, 4) is 0 Å². The van der Waals surface area contributed by atoms with Crippen LogP contribution >= 0.6 is 0 Å². The van der Waals surface area contributed by atoms with Crippen molar-refractivity contribution >= 4 is 15.7 Å². The Morgan fingerprint density at radius 2 is 1.52 bits per heavy atom. The molecule has 2 aliphatic rings. The highest BCUT2D eigenvalue weighted by molar-refractivity contribution is 7.89. The van der Waals surface area contributed by atoms with E-state index in [9.17, 15) is 8.42 Å². The van der Waals surface area contributed by atoms with E-state index >= 15 is 0 Å². The predicted octanol–water partition coefficient (Wildman–Crippen LogP) is 2.97. The molecule has 2 aliphatic carbocycles. The molecule has 5 heteroatoms. The van der Waals surface area contributed by atoms with Crippen molar-refractivity contribution < 1.29 is 8.42 Å². The first-order valence-electron chi connectivity index (χ1n) is 7.53. The van der Waals surface area contributed by atoms with Crippen LogP contribution in [0.25, 0.3) is 0 Å². The average Bonchev–Trinajstić information content (AvgIpc) is 3.25. The smallest absolute Gasteiger partial charge is 0.240 e. The second-order valence-corrected chi connectivity index (χ2v) is 9.15. The van der Waals surface area contributed by atoms with Crippen LogP contribution in [0.2, 0.25) is 0 Å². The van der Waals surface area contributed by atoms with E-state index < -0.39 is 10.0 Å². The average molecular weight is 308 g/mol. The summed E-state index contributed by atoms with van der Waals surface area (Å²) in [6, 6.07) is 7.61. The molecular weight excluding hydrogens is 284 g/mol. The molecule has 116 valence electrons. The molecule has 4 nitrogen and oxygen atoms in total. The Morgan fingerprint density at radius 1 is 1.00 bits per heavy atom. The van der Waals surface area contributed by atoms with E-state index in [4.69, 9.17) is 0 Å². The zero-order chi connectivity index (χ0) is 15.5. The number of rotatable bonds is 5. The van der Waals surface area contributed by atoms with Crippen LogP contribution < -0.4 is 10.0 Å². The zero-order valence-electron chi connectivity index (χ0n) is 13.1. The monoisotopic (exact) mass is 308 g/mol. The van der Waals surface area contributed by atoms with Gasteiger partial charge in [0.15, 0.2) is 0 Å². The Labute approximate surface area is 127 Å². The topological polar surface area (TPSA) is 58.2 Å². The molecule has 0 aromatic heterocycles. The fourth-order valence-corrected chi connectivity index (χ4v) is 4.25. The van der Waals surface area contributed by atoms with Gasteiger partial charge in [0.25, 0.3) is 0 Å². The summed E-state index contributed by atoms with van der Waals surface area (Å²) in [4.78, 5) is 0.342. The quantitative estimate of drug-likeness (QED) is 0.879. The molecule has 0 aliphatic heterocycles. The van der Waals surface area contributed by atoms with Gasteiger partial charge in [-0.15, -0.1) is 0 Å². The van der Waals surface area contributed by atoms with Gasteiger partial charge in [0.1, 0.15) is 0 Å². The molecule has 1 aromatic carbocycles. The van der Waals surface area contributed by atoms with Crippen LogP contribution in [0, 0.1) is 10.8 Å². The van der Waals surface area contributed by atoms with Gasteiger partial charge >= 0.3 is 0 Å². The maximum atomic E-state index is 12.1. The van der Waals surface area contributed by atoms with E-state index in [1.807, 2.05) is 12.1 Å². The number of nitrogens with one attached hydrogen (secondary N) is 2. The van der Waals surface area contributed by atoms with Gasteiger partial charge in [-0.1, -0.05) is 27.7 Å². The van der Waals surface area contributed by atoms with Crippen molar-refractivity contribution in [2.75, 3.05) is 5.32 Å². The summed E-state index contributed by atoms with van der Waals surface area (Å²) in [5, 5.41) is 3.51. The van der Waals surface area contributed by atoms with Gasteiger partial charge < -0.3 is 5.32 Å². The lowest BCUT2D eigenvalue weighted by molar-refractivity contribution is 0.457. The van der Waals surface area contributed by atoms with Gasteiger partial charge in [0.2, 0.25) is 10.0 Å². The van der Waals surface area contributed by atoms with Gasteiger partial charge in [-0.05, 0) is 47.9 Å². The molecule has 3 rings (SSSR count). The molecule has 0 atom stereocenters. The minimum Gasteiger partial charge on any atom is -0.381 e. The summed E-state index contributed by atoms with van der Waals surface area (Å²) in [5.74, 6) is 0. The molecule has 0 radical (unpaired) electrons. The molecule has 2 N–H and O–H groups in total. The second kappa shape index (κ2) is 4.46. The standard InChI is InChI=1S/C16H24N2O2S/c1-15(2)14(16(15,3)4)17-11-7-9-13(10-8-11)21(19,20)18-12-5-6-12/h7-10,12,14,17-18H,5-6H2,1-4H3. The Morgan fingerprint density at radius 3 is 1.95 bits per heavy atom. The lowest BCUT2D eigenvalue weighted by atomic mass is 10.0. The molecule has 0 spiro atoms. The number of hydrogen-bond donors (Lipinski definition) is 2. The normalized spacial score (nSPS) is 23.8. The van der Waals surface area contributed by atoms with Crippen LogP contribution in [0.3, 0.4) is 0 Å². The predicted molar refractivity (Wildman–Crippen MR) is 84.8 cm³/mol. The van der Waals surface area contributed by atoms with Crippen LogP contribution in [0.15, 0.2) is 29.2 Å². The minimum absolute atomic E-state index is 0.140. The SMILES string of the molecule is CC1(C)C(Nc2ccc(S(=O)(=O)NC3CC3)cc2)C1(C)C.